The van der Waals surface area contributed by atoms with Gasteiger partial charge < -0.3 is 20.0 Å². The first-order valence-electron chi connectivity index (χ1n) is 12.6. The highest BCUT2D eigenvalue weighted by atomic mass is 35.5. The van der Waals surface area contributed by atoms with Gasteiger partial charge in [-0.05, 0) is 69.4 Å². The van der Waals surface area contributed by atoms with Gasteiger partial charge in [0, 0.05) is 36.8 Å². The van der Waals surface area contributed by atoms with Crippen LogP contribution in [0.15, 0.2) is 36.4 Å². The van der Waals surface area contributed by atoms with Gasteiger partial charge in [0.15, 0.2) is 0 Å². The minimum absolute atomic E-state index is 0.0263. The van der Waals surface area contributed by atoms with Crippen LogP contribution < -0.4 is 5.32 Å². The van der Waals surface area contributed by atoms with Gasteiger partial charge in [-0.2, -0.15) is 0 Å². The monoisotopic (exact) mass is 527 g/mol. The summed E-state index contributed by atoms with van der Waals surface area (Å²) in [7, 11) is 4.03. The SMILES string of the molecule is CN(C)CCN1CCC[C@H]1C(=O)N1CCN2C(=O)c3cc(-c4ccc(Cl)cc4F)ccc3NC(=O)C2C1. The molecule has 1 N–H and O–H groups in total. The molecule has 37 heavy (non-hydrogen) atoms. The molecule has 3 aliphatic heterocycles. The minimum atomic E-state index is -0.787. The summed E-state index contributed by atoms with van der Waals surface area (Å²) < 4.78 is 14.5. The molecule has 2 fully saturated rings. The second-order valence-electron chi connectivity index (χ2n) is 10.2. The highest BCUT2D eigenvalue weighted by Crippen LogP contribution is 2.32. The maximum Gasteiger partial charge on any atom is 0.256 e. The third-order valence-corrected chi connectivity index (χ3v) is 7.72. The van der Waals surface area contributed by atoms with Gasteiger partial charge in [-0.15, -0.1) is 0 Å². The molecule has 0 aromatic heterocycles. The van der Waals surface area contributed by atoms with E-state index in [1.807, 2.05) is 14.1 Å². The van der Waals surface area contributed by atoms with E-state index in [2.05, 4.69) is 15.1 Å². The maximum absolute atomic E-state index is 14.5. The number of nitrogens with zero attached hydrogens (tertiary/aromatic N) is 4. The fourth-order valence-electron chi connectivity index (χ4n) is 5.46. The fourth-order valence-corrected chi connectivity index (χ4v) is 5.61. The number of likely N-dealkylation sites (tertiary alicyclic amines) is 1. The van der Waals surface area contributed by atoms with Gasteiger partial charge >= 0.3 is 0 Å². The van der Waals surface area contributed by atoms with Crippen molar-refractivity contribution in [2.75, 3.05) is 58.7 Å². The fraction of sp³-hybridized carbons (Fsp3) is 0.444. The Bertz CT molecular complexity index is 1240. The van der Waals surface area contributed by atoms with E-state index in [0.717, 1.165) is 32.5 Å². The van der Waals surface area contributed by atoms with Crippen molar-refractivity contribution in [1.29, 1.82) is 0 Å². The van der Waals surface area contributed by atoms with Crippen molar-refractivity contribution >= 4 is 35.0 Å². The Balaban J connectivity index is 1.35. The van der Waals surface area contributed by atoms with Crippen molar-refractivity contribution in [2.45, 2.75) is 24.9 Å². The molecule has 0 saturated carbocycles. The van der Waals surface area contributed by atoms with Gasteiger partial charge in [-0.25, -0.2) is 4.39 Å². The summed E-state index contributed by atoms with van der Waals surface area (Å²) in [6, 6.07) is 8.30. The van der Waals surface area contributed by atoms with Gasteiger partial charge in [-0.3, -0.25) is 19.3 Å². The van der Waals surface area contributed by atoms with Crippen LogP contribution in [0.4, 0.5) is 10.1 Å². The van der Waals surface area contributed by atoms with Crippen LogP contribution in [0.3, 0.4) is 0 Å². The number of hydrogen-bond acceptors (Lipinski definition) is 5. The zero-order valence-electron chi connectivity index (χ0n) is 21.0. The average Bonchev–Trinajstić information content (AvgIpc) is 3.31. The number of benzene rings is 2. The van der Waals surface area contributed by atoms with Crippen molar-refractivity contribution in [3.63, 3.8) is 0 Å². The zero-order valence-corrected chi connectivity index (χ0v) is 21.8. The van der Waals surface area contributed by atoms with Crippen LogP contribution >= 0.6 is 11.6 Å². The smallest absolute Gasteiger partial charge is 0.256 e. The molecule has 10 heteroatoms. The van der Waals surface area contributed by atoms with E-state index in [9.17, 15) is 18.8 Å². The van der Waals surface area contributed by atoms with Crippen LogP contribution in [0.5, 0.6) is 0 Å². The van der Waals surface area contributed by atoms with Crippen molar-refractivity contribution in [2.24, 2.45) is 0 Å². The molecule has 0 bridgehead atoms. The lowest BCUT2D eigenvalue weighted by Gasteiger charge is -2.41. The van der Waals surface area contributed by atoms with Gasteiger partial charge in [0.25, 0.3) is 5.91 Å². The van der Waals surface area contributed by atoms with Crippen LogP contribution in [0.1, 0.15) is 23.2 Å². The first-order chi connectivity index (χ1) is 17.7. The molecule has 3 aliphatic rings. The number of likely N-dealkylation sites (N-methyl/N-ethyl adjacent to an activating group) is 1. The normalized spacial score (nSPS) is 22.1. The first-order valence-corrected chi connectivity index (χ1v) is 13.0. The zero-order chi connectivity index (χ0) is 26.3. The molecule has 196 valence electrons. The van der Waals surface area contributed by atoms with Crippen LogP contribution in [0, 0.1) is 5.82 Å². The summed E-state index contributed by atoms with van der Waals surface area (Å²) in [5.41, 5.74) is 1.51. The predicted molar refractivity (Wildman–Crippen MR) is 140 cm³/mol. The lowest BCUT2D eigenvalue weighted by Crippen LogP contribution is -2.61. The van der Waals surface area contributed by atoms with Crippen molar-refractivity contribution in [3.8, 4) is 11.1 Å². The number of hydrogen-bond donors (Lipinski definition) is 1. The summed E-state index contributed by atoms with van der Waals surface area (Å²) in [5, 5.41) is 3.14. The molecule has 0 spiro atoms. The summed E-state index contributed by atoms with van der Waals surface area (Å²) >= 11 is 5.89. The molecule has 5 rings (SSSR count). The third kappa shape index (κ3) is 5.08. The quantitative estimate of drug-likeness (QED) is 0.647. The molecule has 0 radical (unpaired) electrons. The Labute approximate surface area is 220 Å². The Morgan fingerprint density at radius 2 is 1.92 bits per heavy atom. The minimum Gasteiger partial charge on any atom is -0.337 e. The summed E-state index contributed by atoms with van der Waals surface area (Å²) in [5.74, 6) is -1.10. The molecular formula is C27H31ClFN5O3. The Kier molecular flexibility index (Phi) is 7.20. The Hall–Kier alpha value is -3.01. The van der Waals surface area contributed by atoms with Crippen molar-refractivity contribution in [1.82, 2.24) is 19.6 Å². The van der Waals surface area contributed by atoms with Crippen molar-refractivity contribution in [3.05, 3.63) is 52.8 Å². The molecule has 1 unspecified atom stereocenters. The van der Waals surface area contributed by atoms with E-state index in [4.69, 9.17) is 11.6 Å². The van der Waals surface area contributed by atoms with Crippen LogP contribution in [0.2, 0.25) is 5.02 Å². The highest BCUT2D eigenvalue weighted by molar-refractivity contribution is 6.30. The molecule has 2 atom stereocenters. The van der Waals surface area contributed by atoms with Gasteiger partial charge in [-0.1, -0.05) is 17.7 Å². The van der Waals surface area contributed by atoms with E-state index < -0.39 is 11.9 Å². The van der Waals surface area contributed by atoms with Gasteiger partial charge in [0.2, 0.25) is 11.8 Å². The van der Waals surface area contributed by atoms with E-state index in [1.165, 1.54) is 11.0 Å². The number of nitrogens with one attached hydrogen (secondary N) is 1. The molecule has 0 aliphatic carbocycles. The number of carbonyl (C=O) groups is 3. The van der Waals surface area contributed by atoms with Crippen LogP contribution in [-0.2, 0) is 9.59 Å². The molecule has 3 heterocycles. The van der Waals surface area contributed by atoms with E-state index in [0.29, 0.717) is 28.9 Å². The Morgan fingerprint density at radius 1 is 1.11 bits per heavy atom. The summed E-state index contributed by atoms with van der Waals surface area (Å²) in [4.78, 5) is 47.8. The number of carbonyl (C=O) groups excluding carboxylic acids is 3. The largest absolute Gasteiger partial charge is 0.337 e. The number of amides is 3. The van der Waals surface area contributed by atoms with Crippen molar-refractivity contribution < 1.29 is 18.8 Å². The van der Waals surface area contributed by atoms with Gasteiger partial charge in [0.05, 0.1) is 23.8 Å². The number of piperazine rings is 1. The number of halogens is 2. The maximum atomic E-state index is 14.5. The first kappa shape index (κ1) is 25.6. The number of rotatable bonds is 5. The van der Waals surface area contributed by atoms with Crippen LogP contribution in [-0.4, -0.2) is 103 Å². The molecular weight excluding hydrogens is 497 g/mol. The predicted octanol–water partition coefficient (Wildman–Crippen LogP) is 2.78. The Morgan fingerprint density at radius 3 is 2.68 bits per heavy atom. The molecule has 3 amide bonds. The third-order valence-electron chi connectivity index (χ3n) is 7.49. The second-order valence-corrected chi connectivity index (χ2v) is 10.6. The molecule has 8 nitrogen and oxygen atoms in total. The number of fused-ring (bicyclic) bond motifs is 2. The molecule has 2 aromatic rings. The lowest BCUT2D eigenvalue weighted by atomic mass is 10.0. The van der Waals surface area contributed by atoms with E-state index in [-0.39, 0.29) is 41.9 Å². The average molecular weight is 528 g/mol. The van der Waals surface area contributed by atoms with Crippen LogP contribution in [0.25, 0.3) is 11.1 Å². The van der Waals surface area contributed by atoms with Gasteiger partial charge in [0.1, 0.15) is 11.9 Å². The highest BCUT2D eigenvalue weighted by Gasteiger charge is 2.43. The molecule has 2 aromatic carbocycles. The topological polar surface area (TPSA) is 76.2 Å². The van der Waals surface area contributed by atoms with E-state index >= 15 is 0 Å². The van der Waals surface area contributed by atoms with E-state index in [1.54, 1.807) is 35.2 Å². The lowest BCUT2D eigenvalue weighted by molar-refractivity contribution is -0.140. The second kappa shape index (κ2) is 10.4. The number of anilines is 1. The standard InChI is InChI=1S/C27H31ClFN5O3/c1-31(2)10-11-32-9-3-4-23(32)27(37)33-12-13-34-24(16-33)25(35)30-22-8-5-17(14-20(22)26(34)36)19-7-6-18(28)15-21(19)29/h5-8,14-15,23-24H,3-4,9-13,16H2,1-2H3,(H,30,35)/t23-,24?/m0/s1. The summed E-state index contributed by atoms with van der Waals surface area (Å²) in [6.07, 6.45) is 1.77. The molecule has 2 saturated heterocycles. The summed E-state index contributed by atoms with van der Waals surface area (Å²) in [6.45, 7) is 3.35.